The summed E-state index contributed by atoms with van der Waals surface area (Å²) in [6.07, 6.45) is 3.01. The van der Waals surface area contributed by atoms with Gasteiger partial charge in [-0.1, -0.05) is 42.5 Å². The van der Waals surface area contributed by atoms with E-state index in [0.29, 0.717) is 5.25 Å². The molecule has 1 atom stereocenters. The van der Waals surface area contributed by atoms with Gasteiger partial charge in [0.15, 0.2) is 0 Å². The topological polar surface area (TPSA) is 0 Å². The average molecular weight is 268 g/mol. The molecule has 0 nitrogen and oxygen atoms in total. The fourth-order valence-corrected chi connectivity index (χ4v) is 3.74. The smallest absolute Gasteiger partial charge is 0.0384 e. The standard InChI is InChI=1S/C18H20S/c1-4-9-17(19-16-12-6-5-7-13-16)18-14(2)10-8-11-15(18)3/h4-8,10-13,17H,1,9H2,2-3H3. The molecule has 0 spiro atoms. The van der Waals surface area contributed by atoms with Gasteiger partial charge in [0, 0.05) is 10.1 Å². The highest BCUT2D eigenvalue weighted by atomic mass is 32.2. The zero-order chi connectivity index (χ0) is 13.7. The molecule has 0 aromatic heterocycles. The van der Waals surface area contributed by atoms with E-state index in [1.807, 2.05) is 17.8 Å². The van der Waals surface area contributed by atoms with Gasteiger partial charge < -0.3 is 0 Å². The molecule has 0 aliphatic rings. The van der Waals surface area contributed by atoms with E-state index < -0.39 is 0 Å². The lowest BCUT2D eigenvalue weighted by atomic mass is 9.98. The second-order valence-corrected chi connectivity index (χ2v) is 6.03. The Kier molecular flexibility index (Phi) is 4.86. The highest BCUT2D eigenvalue weighted by Crippen LogP contribution is 2.40. The third-order valence-corrected chi connectivity index (χ3v) is 4.52. The number of allylic oxidation sites excluding steroid dienone is 1. The SMILES string of the molecule is C=CCC(Sc1ccccc1)c1c(C)cccc1C. The van der Waals surface area contributed by atoms with E-state index in [2.05, 4.69) is 69.0 Å². The maximum absolute atomic E-state index is 3.91. The fraction of sp³-hybridized carbons (Fsp3) is 0.222. The van der Waals surface area contributed by atoms with Crippen LogP contribution in [-0.4, -0.2) is 0 Å². The maximum atomic E-state index is 3.91. The summed E-state index contributed by atoms with van der Waals surface area (Å²) < 4.78 is 0. The highest BCUT2D eigenvalue weighted by Gasteiger charge is 2.16. The third-order valence-electron chi connectivity index (χ3n) is 3.27. The van der Waals surface area contributed by atoms with Crippen LogP contribution in [-0.2, 0) is 0 Å². The molecule has 19 heavy (non-hydrogen) atoms. The number of hydrogen-bond acceptors (Lipinski definition) is 1. The Morgan fingerprint density at radius 3 is 2.21 bits per heavy atom. The van der Waals surface area contributed by atoms with Crippen molar-refractivity contribution in [2.24, 2.45) is 0 Å². The minimum absolute atomic E-state index is 0.445. The van der Waals surface area contributed by atoms with Gasteiger partial charge in [-0.05, 0) is 49.1 Å². The van der Waals surface area contributed by atoms with Crippen LogP contribution in [0.5, 0.6) is 0 Å². The molecule has 0 radical (unpaired) electrons. The second kappa shape index (κ2) is 6.63. The summed E-state index contributed by atoms with van der Waals surface area (Å²) in [7, 11) is 0. The van der Waals surface area contributed by atoms with Crippen LogP contribution in [0.2, 0.25) is 0 Å². The minimum Gasteiger partial charge on any atom is -0.118 e. The summed E-state index contributed by atoms with van der Waals surface area (Å²) in [5.74, 6) is 0. The Balaban J connectivity index is 2.32. The van der Waals surface area contributed by atoms with Crippen molar-refractivity contribution >= 4 is 11.8 Å². The average Bonchev–Trinajstić information content (AvgIpc) is 2.40. The van der Waals surface area contributed by atoms with Gasteiger partial charge in [0.25, 0.3) is 0 Å². The molecule has 0 saturated heterocycles. The summed E-state index contributed by atoms with van der Waals surface area (Å²) in [5.41, 5.74) is 4.20. The predicted molar refractivity (Wildman–Crippen MR) is 85.8 cm³/mol. The molecule has 0 aliphatic carbocycles. The van der Waals surface area contributed by atoms with Crippen molar-refractivity contribution in [1.29, 1.82) is 0 Å². The van der Waals surface area contributed by atoms with E-state index in [-0.39, 0.29) is 0 Å². The Morgan fingerprint density at radius 2 is 1.63 bits per heavy atom. The number of aryl methyl sites for hydroxylation is 2. The van der Waals surface area contributed by atoms with E-state index in [0.717, 1.165) is 6.42 Å². The van der Waals surface area contributed by atoms with Crippen molar-refractivity contribution in [1.82, 2.24) is 0 Å². The molecule has 0 fully saturated rings. The monoisotopic (exact) mass is 268 g/mol. The van der Waals surface area contributed by atoms with Crippen LogP contribution in [0.1, 0.15) is 28.4 Å². The lowest BCUT2D eigenvalue weighted by Crippen LogP contribution is -1.99. The maximum Gasteiger partial charge on any atom is 0.0384 e. The molecule has 0 bridgehead atoms. The molecule has 1 heteroatoms. The predicted octanol–water partition coefficient (Wildman–Crippen LogP) is 5.71. The van der Waals surface area contributed by atoms with Gasteiger partial charge in [0.2, 0.25) is 0 Å². The van der Waals surface area contributed by atoms with Crippen molar-refractivity contribution in [3.63, 3.8) is 0 Å². The van der Waals surface area contributed by atoms with Gasteiger partial charge in [-0.15, -0.1) is 18.3 Å². The summed E-state index contributed by atoms with van der Waals surface area (Å²) >= 11 is 1.92. The van der Waals surface area contributed by atoms with Crippen LogP contribution in [0.3, 0.4) is 0 Å². The van der Waals surface area contributed by atoms with E-state index in [1.54, 1.807) is 0 Å². The molecule has 98 valence electrons. The first-order valence-corrected chi connectivity index (χ1v) is 7.49. The number of rotatable bonds is 5. The lowest BCUT2D eigenvalue weighted by Gasteiger charge is -2.20. The first-order valence-electron chi connectivity index (χ1n) is 6.61. The second-order valence-electron chi connectivity index (χ2n) is 4.75. The van der Waals surface area contributed by atoms with E-state index in [9.17, 15) is 0 Å². The quantitative estimate of drug-likeness (QED) is 0.494. The van der Waals surface area contributed by atoms with Gasteiger partial charge in [-0.3, -0.25) is 0 Å². The first kappa shape index (κ1) is 14.0. The summed E-state index contributed by atoms with van der Waals surface area (Å²) in [4.78, 5) is 1.32. The van der Waals surface area contributed by atoms with Crippen LogP contribution in [0.4, 0.5) is 0 Å². The van der Waals surface area contributed by atoms with Gasteiger partial charge in [0.1, 0.15) is 0 Å². The van der Waals surface area contributed by atoms with Crippen molar-refractivity contribution in [2.75, 3.05) is 0 Å². The van der Waals surface area contributed by atoms with Crippen LogP contribution in [0, 0.1) is 13.8 Å². The van der Waals surface area contributed by atoms with Gasteiger partial charge in [0.05, 0.1) is 0 Å². The molecule has 0 saturated carbocycles. The highest BCUT2D eigenvalue weighted by molar-refractivity contribution is 7.99. The first-order chi connectivity index (χ1) is 9.22. The molecular formula is C18H20S. The zero-order valence-corrected chi connectivity index (χ0v) is 12.4. The van der Waals surface area contributed by atoms with Crippen LogP contribution in [0.15, 0.2) is 66.1 Å². The molecule has 0 amide bonds. The number of thioether (sulfide) groups is 1. The number of benzene rings is 2. The Labute approximate surface area is 120 Å². The summed E-state index contributed by atoms with van der Waals surface area (Å²) in [6.45, 7) is 8.31. The minimum atomic E-state index is 0.445. The molecule has 2 aromatic carbocycles. The van der Waals surface area contributed by atoms with E-state index >= 15 is 0 Å². The molecular weight excluding hydrogens is 248 g/mol. The number of hydrogen-bond donors (Lipinski definition) is 0. The van der Waals surface area contributed by atoms with Crippen LogP contribution >= 0.6 is 11.8 Å². The Morgan fingerprint density at radius 1 is 1.00 bits per heavy atom. The Bertz CT molecular complexity index is 523. The van der Waals surface area contributed by atoms with Crippen molar-refractivity contribution in [2.45, 2.75) is 30.4 Å². The molecule has 0 aliphatic heterocycles. The molecule has 1 unspecified atom stereocenters. The summed E-state index contributed by atoms with van der Waals surface area (Å²) in [6, 6.07) is 17.1. The van der Waals surface area contributed by atoms with Gasteiger partial charge in [-0.2, -0.15) is 0 Å². The molecule has 2 aromatic rings. The van der Waals surface area contributed by atoms with Crippen molar-refractivity contribution in [3.8, 4) is 0 Å². The third kappa shape index (κ3) is 3.51. The fourth-order valence-electron chi connectivity index (χ4n) is 2.37. The van der Waals surface area contributed by atoms with Crippen molar-refractivity contribution in [3.05, 3.63) is 77.9 Å². The lowest BCUT2D eigenvalue weighted by molar-refractivity contribution is 0.944. The molecule has 0 N–H and O–H groups in total. The van der Waals surface area contributed by atoms with Crippen LogP contribution in [0.25, 0.3) is 0 Å². The summed E-state index contributed by atoms with van der Waals surface area (Å²) in [5, 5.41) is 0.445. The van der Waals surface area contributed by atoms with E-state index in [1.165, 1.54) is 21.6 Å². The molecule has 0 heterocycles. The van der Waals surface area contributed by atoms with Gasteiger partial charge in [-0.25, -0.2) is 0 Å². The normalized spacial score (nSPS) is 12.1. The molecule has 2 rings (SSSR count). The largest absolute Gasteiger partial charge is 0.118 e. The zero-order valence-electron chi connectivity index (χ0n) is 11.6. The van der Waals surface area contributed by atoms with Gasteiger partial charge >= 0.3 is 0 Å². The van der Waals surface area contributed by atoms with E-state index in [4.69, 9.17) is 0 Å². The Hall–Kier alpha value is -1.47. The van der Waals surface area contributed by atoms with Crippen LogP contribution < -0.4 is 0 Å². The van der Waals surface area contributed by atoms with Crippen molar-refractivity contribution < 1.29 is 0 Å².